The summed E-state index contributed by atoms with van der Waals surface area (Å²) < 4.78 is 0. The third-order valence-corrected chi connectivity index (χ3v) is 0.224. The Bertz CT molecular complexity index is 49.2. The predicted octanol–water partition coefficient (Wildman–Crippen LogP) is 1.48. The van der Waals surface area contributed by atoms with Gasteiger partial charge in [0.2, 0.25) is 0 Å². The third-order valence-electron chi connectivity index (χ3n) is 0.224. The molecule has 0 unspecified atom stereocenters. The van der Waals surface area contributed by atoms with Gasteiger partial charge in [-0.25, -0.2) is 0 Å². The van der Waals surface area contributed by atoms with Crippen LogP contribution in [-0.2, 0) is 0 Å². The first kappa shape index (κ1) is 4.36. The average molecular weight is 68.1 g/mol. The van der Waals surface area contributed by atoms with E-state index in [2.05, 4.69) is 4.85 Å². The fourth-order valence-corrected chi connectivity index (χ4v) is 0. The Hall–Kier alpha value is -0.640. The highest BCUT2D eigenvalue weighted by atomic mass is 14.7. The quantitative estimate of drug-likeness (QED) is 0.379. The normalized spacial score (nSPS) is 5.80. The van der Waals surface area contributed by atoms with Crippen molar-refractivity contribution in [3.63, 3.8) is 0 Å². The van der Waals surface area contributed by atoms with E-state index in [4.69, 9.17) is 6.57 Å². The molecule has 0 radical (unpaired) electrons. The van der Waals surface area contributed by atoms with Crippen LogP contribution < -0.4 is 0 Å². The second-order valence-electron chi connectivity index (χ2n) is 1.06. The van der Waals surface area contributed by atoms with Gasteiger partial charge in [-0.3, -0.25) is 6.57 Å². The molecule has 0 aromatic carbocycles. The minimum absolute atomic E-state index is 0.796. The molecule has 0 aliphatic carbocycles. The summed E-state index contributed by atoms with van der Waals surface area (Å²) in [7, 11) is 0. The van der Waals surface area contributed by atoms with Crippen LogP contribution in [-0.4, -0.2) is 0 Å². The lowest BCUT2D eigenvalue weighted by Gasteiger charge is -1.92. The van der Waals surface area contributed by atoms with E-state index in [1.54, 1.807) is 13.8 Å². The van der Waals surface area contributed by atoms with Gasteiger partial charge in [-0.05, 0) is 6.04 Å². The Morgan fingerprint density at radius 1 is 1.60 bits per heavy atom. The monoisotopic (exact) mass is 68.1 g/mol. The van der Waals surface area contributed by atoms with E-state index in [0.29, 0.717) is 0 Å². The van der Waals surface area contributed by atoms with Gasteiger partial charge in [0.15, 0.2) is 0 Å². The van der Waals surface area contributed by atoms with E-state index in [1.807, 2.05) is 0 Å². The van der Waals surface area contributed by atoms with E-state index in [1.165, 1.54) is 0 Å². The summed E-state index contributed by atoms with van der Waals surface area (Å²) in [6, 6.07) is 0.796. The van der Waals surface area contributed by atoms with Gasteiger partial charge < -0.3 is 4.85 Å². The largest absolute Gasteiger partial charge is 0.459 e. The minimum atomic E-state index is 0.796. The van der Waals surface area contributed by atoms with Crippen LogP contribution >= 0.6 is 0 Å². The summed E-state index contributed by atoms with van der Waals surface area (Å²) in [5.41, 5.74) is 0. The molecule has 0 bridgehead atoms. The zero-order valence-corrected chi connectivity index (χ0v) is 3.45. The predicted molar refractivity (Wildman–Crippen MR) is 21.2 cm³/mol. The SMILES string of the molecule is [C-]#[N+][C-](C)C. The standard InChI is InChI=1S/C4H6N/c1-4(2)5-3/h1-2H3/q-1. The van der Waals surface area contributed by atoms with Crippen LogP contribution in [0.2, 0.25) is 0 Å². The van der Waals surface area contributed by atoms with Crippen LogP contribution in [0.1, 0.15) is 13.8 Å². The van der Waals surface area contributed by atoms with Crippen molar-refractivity contribution in [1.82, 2.24) is 0 Å². The van der Waals surface area contributed by atoms with Crippen LogP contribution in [0.3, 0.4) is 0 Å². The van der Waals surface area contributed by atoms with Crippen molar-refractivity contribution in [3.8, 4) is 0 Å². The first-order valence-electron chi connectivity index (χ1n) is 1.45. The molecule has 0 aliphatic heterocycles. The van der Waals surface area contributed by atoms with E-state index < -0.39 is 0 Å². The first-order chi connectivity index (χ1) is 2.27. The topological polar surface area (TPSA) is 4.36 Å². The van der Waals surface area contributed by atoms with Crippen LogP contribution in [0.4, 0.5) is 0 Å². The molecule has 0 amide bonds. The summed E-state index contributed by atoms with van der Waals surface area (Å²) in [4.78, 5) is 3.06. The zero-order valence-electron chi connectivity index (χ0n) is 3.45. The van der Waals surface area contributed by atoms with Gasteiger partial charge >= 0.3 is 0 Å². The molecule has 0 fully saturated rings. The lowest BCUT2D eigenvalue weighted by molar-refractivity contribution is 1.20. The highest BCUT2D eigenvalue weighted by Gasteiger charge is 1.64. The van der Waals surface area contributed by atoms with Gasteiger partial charge in [-0.15, -0.1) is 13.8 Å². The number of hydrogen-bond acceptors (Lipinski definition) is 0. The second-order valence-corrected chi connectivity index (χ2v) is 1.06. The fourth-order valence-electron chi connectivity index (χ4n) is 0. The Kier molecular flexibility index (Phi) is 1.45. The minimum Gasteiger partial charge on any atom is -0.459 e. The van der Waals surface area contributed by atoms with Gasteiger partial charge in [-0.1, -0.05) is 0 Å². The molecule has 0 saturated carbocycles. The van der Waals surface area contributed by atoms with E-state index in [9.17, 15) is 0 Å². The van der Waals surface area contributed by atoms with Crippen molar-refractivity contribution < 1.29 is 0 Å². The molecule has 1 heteroatoms. The third kappa shape index (κ3) is 3.36. The summed E-state index contributed by atoms with van der Waals surface area (Å²) in [5.74, 6) is 0. The summed E-state index contributed by atoms with van der Waals surface area (Å²) in [5, 5.41) is 0. The van der Waals surface area contributed by atoms with Crippen molar-refractivity contribution in [3.05, 3.63) is 17.5 Å². The van der Waals surface area contributed by atoms with Crippen molar-refractivity contribution in [2.24, 2.45) is 0 Å². The molecule has 0 rings (SSSR count). The van der Waals surface area contributed by atoms with Gasteiger partial charge in [-0.2, -0.15) is 0 Å². The number of rotatable bonds is 0. The first-order valence-corrected chi connectivity index (χ1v) is 1.45. The molecule has 0 atom stereocenters. The molecule has 0 aliphatic rings. The maximum atomic E-state index is 6.25. The van der Waals surface area contributed by atoms with E-state index in [-0.39, 0.29) is 0 Å². The lowest BCUT2D eigenvalue weighted by Crippen LogP contribution is -1.63. The molecular weight excluding hydrogens is 62.1 g/mol. The smallest absolute Gasteiger partial charge is 0.0347 e. The Labute approximate surface area is 32.4 Å². The molecule has 0 heterocycles. The maximum absolute atomic E-state index is 6.25. The molecule has 0 spiro atoms. The fraction of sp³-hybridized carbons (Fsp3) is 0.500. The molecule has 28 valence electrons. The summed E-state index contributed by atoms with van der Waals surface area (Å²) >= 11 is 0. The van der Waals surface area contributed by atoms with Gasteiger partial charge in [0.05, 0.1) is 0 Å². The van der Waals surface area contributed by atoms with Crippen molar-refractivity contribution in [2.45, 2.75) is 13.8 Å². The summed E-state index contributed by atoms with van der Waals surface area (Å²) in [6.45, 7) is 9.81. The number of nitrogens with zero attached hydrogens (tertiary/aromatic N) is 1. The van der Waals surface area contributed by atoms with Crippen LogP contribution in [0.15, 0.2) is 0 Å². The van der Waals surface area contributed by atoms with Crippen LogP contribution in [0, 0.1) is 12.6 Å². The highest BCUT2D eigenvalue weighted by Crippen LogP contribution is 1.91. The van der Waals surface area contributed by atoms with E-state index >= 15 is 0 Å². The van der Waals surface area contributed by atoms with E-state index in [0.717, 1.165) is 6.04 Å². The Morgan fingerprint density at radius 2 is 1.80 bits per heavy atom. The molecule has 5 heavy (non-hydrogen) atoms. The number of hydrogen-bond donors (Lipinski definition) is 0. The average Bonchev–Trinajstić information content (AvgIpc) is 1.38. The van der Waals surface area contributed by atoms with Crippen LogP contribution in [0.5, 0.6) is 0 Å². The molecule has 1 nitrogen and oxygen atoms in total. The van der Waals surface area contributed by atoms with Gasteiger partial charge in [0, 0.05) is 0 Å². The van der Waals surface area contributed by atoms with Gasteiger partial charge in [0.1, 0.15) is 0 Å². The zero-order chi connectivity index (χ0) is 4.28. The molecular formula is C4H6N-. The van der Waals surface area contributed by atoms with Crippen molar-refractivity contribution in [2.75, 3.05) is 0 Å². The maximum Gasteiger partial charge on any atom is -0.0347 e. The molecule has 0 aromatic rings. The second kappa shape index (κ2) is 1.66. The van der Waals surface area contributed by atoms with Crippen molar-refractivity contribution in [1.29, 1.82) is 0 Å². The molecule has 0 N–H and O–H groups in total. The van der Waals surface area contributed by atoms with Gasteiger partial charge in [0.25, 0.3) is 0 Å². The Balaban J connectivity index is 2.94. The summed E-state index contributed by atoms with van der Waals surface area (Å²) in [6.07, 6.45) is 0. The molecule has 0 saturated heterocycles. The lowest BCUT2D eigenvalue weighted by atomic mass is 10.4. The molecule has 0 aromatic heterocycles. The van der Waals surface area contributed by atoms with Crippen molar-refractivity contribution >= 4 is 0 Å². The highest BCUT2D eigenvalue weighted by molar-refractivity contribution is 4.86. The Morgan fingerprint density at radius 3 is 1.80 bits per heavy atom. The van der Waals surface area contributed by atoms with Crippen LogP contribution in [0.25, 0.3) is 4.85 Å².